The SMILES string of the molecule is [O-]C(=Nc1ccc[nH]c1=S)c1ccccc1. The lowest BCUT2D eigenvalue weighted by Crippen LogP contribution is -2.18. The van der Waals surface area contributed by atoms with Crippen molar-refractivity contribution < 1.29 is 5.11 Å². The second-order valence-corrected chi connectivity index (χ2v) is 3.58. The molecule has 0 aliphatic carbocycles. The largest absolute Gasteiger partial charge is 0.858 e. The predicted octanol–water partition coefficient (Wildman–Crippen LogP) is 2.18. The molecule has 1 N–H and O–H groups in total. The molecule has 1 aromatic heterocycles. The summed E-state index contributed by atoms with van der Waals surface area (Å²) in [5.41, 5.74) is 1.05. The number of pyridine rings is 1. The molecule has 2 rings (SSSR count). The first kappa shape index (κ1) is 10.6. The molecule has 0 unspecified atom stereocenters. The number of aliphatic imine (C=N–C) groups is 1. The standard InChI is InChI=1S/C12H10N2OS/c15-11(9-5-2-1-3-6-9)14-10-7-4-8-13-12(10)16/h1-8H,(H,13,16)(H,14,15)/p-1. The van der Waals surface area contributed by atoms with E-state index in [1.165, 1.54) is 0 Å². The van der Waals surface area contributed by atoms with E-state index in [2.05, 4.69) is 9.98 Å². The van der Waals surface area contributed by atoms with E-state index in [4.69, 9.17) is 12.2 Å². The van der Waals surface area contributed by atoms with Gasteiger partial charge in [0.15, 0.2) is 0 Å². The second kappa shape index (κ2) is 4.72. The normalized spacial score (nSPS) is 11.4. The third kappa shape index (κ3) is 2.35. The van der Waals surface area contributed by atoms with Crippen LogP contribution in [0.1, 0.15) is 5.56 Å². The highest BCUT2D eigenvalue weighted by Crippen LogP contribution is 2.12. The van der Waals surface area contributed by atoms with Crippen molar-refractivity contribution in [1.29, 1.82) is 0 Å². The lowest BCUT2D eigenvalue weighted by molar-refractivity contribution is -0.212. The Bertz CT molecular complexity index is 560. The number of benzene rings is 1. The van der Waals surface area contributed by atoms with E-state index in [1.54, 1.807) is 42.6 Å². The molecule has 4 heteroatoms. The fourth-order valence-corrected chi connectivity index (χ4v) is 1.44. The highest BCUT2D eigenvalue weighted by atomic mass is 32.1. The first-order chi connectivity index (χ1) is 7.77. The van der Waals surface area contributed by atoms with E-state index in [1.807, 2.05) is 6.07 Å². The Labute approximate surface area is 98.1 Å². The molecule has 0 fully saturated rings. The average Bonchev–Trinajstić information content (AvgIpc) is 2.33. The summed E-state index contributed by atoms with van der Waals surface area (Å²) in [6.07, 6.45) is 1.70. The lowest BCUT2D eigenvalue weighted by atomic mass is 10.2. The summed E-state index contributed by atoms with van der Waals surface area (Å²) in [4.78, 5) is 6.78. The Morgan fingerprint density at radius 2 is 1.88 bits per heavy atom. The monoisotopic (exact) mass is 229 g/mol. The summed E-state index contributed by atoms with van der Waals surface area (Å²) >= 11 is 5.02. The van der Waals surface area contributed by atoms with Gasteiger partial charge >= 0.3 is 0 Å². The molecule has 0 bridgehead atoms. The van der Waals surface area contributed by atoms with Gasteiger partial charge in [0.2, 0.25) is 0 Å². The van der Waals surface area contributed by atoms with Crippen molar-refractivity contribution in [2.45, 2.75) is 0 Å². The molecule has 0 aliphatic heterocycles. The van der Waals surface area contributed by atoms with Gasteiger partial charge < -0.3 is 10.1 Å². The minimum Gasteiger partial charge on any atom is -0.858 e. The smallest absolute Gasteiger partial charge is 0.129 e. The van der Waals surface area contributed by atoms with E-state index in [0.717, 1.165) is 0 Å². The van der Waals surface area contributed by atoms with Gasteiger partial charge in [0.1, 0.15) is 4.64 Å². The molecule has 0 spiro atoms. The van der Waals surface area contributed by atoms with E-state index in [0.29, 0.717) is 15.9 Å². The van der Waals surface area contributed by atoms with Crippen LogP contribution in [-0.4, -0.2) is 10.9 Å². The maximum absolute atomic E-state index is 11.7. The zero-order valence-corrected chi connectivity index (χ0v) is 9.20. The van der Waals surface area contributed by atoms with Crippen LogP contribution in [-0.2, 0) is 0 Å². The number of nitrogens with zero attached hydrogens (tertiary/aromatic N) is 1. The van der Waals surface area contributed by atoms with Gasteiger partial charge in [0.25, 0.3) is 0 Å². The van der Waals surface area contributed by atoms with E-state index < -0.39 is 0 Å². The van der Waals surface area contributed by atoms with Gasteiger partial charge in [-0.3, -0.25) is 4.99 Å². The van der Waals surface area contributed by atoms with Gasteiger partial charge in [-0.05, 0) is 23.6 Å². The second-order valence-electron chi connectivity index (χ2n) is 3.17. The van der Waals surface area contributed by atoms with Gasteiger partial charge in [-0.25, -0.2) is 0 Å². The molecule has 0 atom stereocenters. The van der Waals surface area contributed by atoms with E-state index >= 15 is 0 Å². The van der Waals surface area contributed by atoms with Crippen molar-refractivity contribution in [3.05, 3.63) is 58.9 Å². The Balaban J connectivity index is 2.40. The number of hydrogen-bond donors (Lipinski definition) is 1. The molecular formula is C12H9N2OS-. The van der Waals surface area contributed by atoms with Crippen molar-refractivity contribution in [2.24, 2.45) is 4.99 Å². The predicted molar refractivity (Wildman–Crippen MR) is 64.3 cm³/mol. The molecule has 0 amide bonds. The van der Waals surface area contributed by atoms with Crippen molar-refractivity contribution in [2.75, 3.05) is 0 Å². The number of nitrogens with one attached hydrogen (secondary N) is 1. The Morgan fingerprint density at radius 1 is 1.12 bits per heavy atom. The van der Waals surface area contributed by atoms with Gasteiger partial charge in [-0.15, -0.1) is 0 Å². The van der Waals surface area contributed by atoms with Crippen LogP contribution in [0.5, 0.6) is 0 Å². The zero-order chi connectivity index (χ0) is 11.4. The molecule has 2 aromatic rings. The van der Waals surface area contributed by atoms with Gasteiger partial charge in [0.05, 0.1) is 5.69 Å². The Kier molecular flexibility index (Phi) is 3.12. The third-order valence-corrected chi connectivity index (χ3v) is 2.37. The Hall–Kier alpha value is -1.94. The minimum absolute atomic E-state index is 0.286. The highest BCUT2D eigenvalue weighted by Gasteiger charge is 1.93. The molecule has 0 saturated carbocycles. The lowest BCUT2D eigenvalue weighted by Gasteiger charge is -2.10. The molecule has 16 heavy (non-hydrogen) atoms. The molecular weight excluding hydrogens is 220 g/mol. The fourth-order valence-electron chi connectivity index (χ4n) is 1.26. The topological polar surface area (TPSA) is 51.2 Å². The zero-order valence-electron chi connectivity index (χ0n) is 8.38. The Morgan fingerprint density at radius 3 is 2.56 bits per heavy atom. The van der Waals surface area contributed by atoms with Crippen LogP contribution in [0.3, 0.4) is 0 Å². The summed E-state index contributed by atoms with van der Waals surface area (Å²) in [5, 5.41) is 11.7. The van der Waals surface area contributed by atoms with Gasteiger partial charge in [0, 0.05) is 6.20 Å². The summed E-state index contributed by atoms with van der Waals surface area (Å²) in [6.45, 7) is 0. The molecule has 1 heterocycles. The molecule has 3 nitrogen and oxygen atoms in total. The van der Waals surface area contributed by atoms with Crippen LogP contribution in [0.2, 0.25) is 0 Å². The van der Waals surface area contributed by atoms with Crippen molar-refractivity contribution in [3.8, 4) is 0 Å². The maximum atomic E-state index is 11.7. The number of rotatable bonds is 2. The van der Waals surface area contributed by atoms with Crippen molar-refractivity contribution in [1.82, 2.24) is 4.98 Å². The van der Waals surface area contributed by atoms with Crippen molar-refractivity contribution in [3.63, 3.8) is 0 Å². The molecule has 1 aromatic carbocycles. The maximum Gasteiger partial charge on any atom is 0.129 e. The molecule has 0 saturated heterocycles. The van der Waals surface area contributed by atoms with E-state index in [-0.39, 0.29) is 5.90 Å². The van der Waals surface area contributed by atoms with Crippen LogP contribution >= 0.6 is 12.2 Å². The molecule has 80 valence electrons. The summed E-state index contributed by atoms with van der Waals surface area (Å²) in [6, 6.07) is 12.4. The minimum atomic E-state index is -0.286. The molecule has 0 radical (unpaired) electrons. The number of hydrogen-bond acceptors (Lipinski definition) is 3. The summed E-state index contributed by atoms with van der Waals surface area (Å²) < 4.78 is 0.465. The molecule has 0 aliphatic rings. The first-order valence-electron chi connectivity index (χ1n) is 4.76. The number of H-pyrrole nitrogens is 1. The van der Waals surface area contributed by atoms with Gasteiger partial charge in [-0.2, -0.15) is 0 Å². The van der Waals surface area contributed by atoms with Crippen LogP contribution in [0.15, 0.2) is 53.7 Å². The average molecular weight is 229 g/mol. The van der Waals surface area contributed by atoms with Crippen molar-refractivity contribution >= 4 is 23.8 Å². The van der Waals surface area contributed by atoms with E-state index in [9.17, 15) is 5.11 Å². The van der Waals surface area contributed by atoms with Gasteiger partial charge in [-0.1, -0.05) is 42.5 Å². The third-order valence-electron chi connectivity index (χ3n) is 2.04. The fraction of sp³-hybridized carbons (Fsp3) is 0. The van der Waals surface area contributed by atoms with Crippen LogP contribution in [0, 0.1) is 4.64 Å². The summed E-state index contributed by atoms with van der Waals surface area (Å²) in [5.74, 6) is -0.286. The first-order valence-corrected chi connectivity index (χ1v) is 5.17. The number of aromatic amines is 1. The number of aromatic nitrogens is 1. The van der Waals surface area contributed by atoms with Crippen LogP contribution in [0.25, 0.3) is 0 Å². The van der Waals surface area contributed by atoms with Crippen LogP contribution in [0.4, 0.5) is 5.69 Å². The highest BCUT2D eigenvalue weighted by molar-refractivity contribution is 7.71. The van der Waals surface area contributed by atoms with Crippen LogP contribution < -0.4 is 5.11 Å². The quantitative estimate of drug-likeness (QED) is 0.487. The summed E-state index contributed by atoms with van der Waals surface area (Å²) in [7, 11) is 0.